The zero-order valence-electron chi connectivity index (χ0n) is 15.7. The Bertz CT molecular complexity index is 526. The number of benzene rings is 1. The van der Waals surface area contributed by atoms with Crippen LogP contribution in [0.5, 0.6) is 0 Å². The molecule has 1 aromatic carbocycles. The van der Waals surface area contributed by atoms with Gasteiger partial charge >= 0.3 is 0 Å². The third kappa shape index (κ3) is 5.75. The fourth-order valence-electron chi connectivity index (χ4n) is 2.14. The van der Waals surface area contributed by atoms with Gasteiger partial charge in [0.15, 0.2) is 8.32 Å². The van der Waals surface area contributed by atoms with Crippen LogP contribution in [0, 0.1) is 0 Å². The van der Waals surface area contributed by atoms with Gasteiger partial charge in [-0.3, -0.25) is 4.90 Å². The normalized spacial score (nSPS) is 15.8. The van der Waals surface area contributed by atoms with E-state index in [1.807, 2.05) is 12.1 Å². The predicted octanol–water partition coefficient (Wildman–Crippen LogP) is 6.40. The van der Waals surface area contributed by atoms with Crippen LogP contribution >= 0.6 is 23.2 Å². The first-order valence-electron chi connectivity index (χ1n) is 8.14. The van der Waals surface area contributed by atoms with Crippen LogP contribution in [0.1, 0.15) is 45.6 Å². The molecule has 0 aromatic heterocycles. The Hall–Kier alpha value is -0.0631. The number of nitrogens with zero attached hydrogens (tertiary/aromatic N) is 1. The highest BCUT2D eigenvalue weighted by Gasteiger charge is 2.39. The van der Waals surface area contributed by atoms with E-state index in [1.54, 1.807) is 0 Å². The smallest absolute Gasteiger partial charge is 0.194 e. The fraction of sp³-hybridized carbons (Fsp3) is 0.667. The fourth-order valence-corrected chi connectivity index (χ4v) is 3.79. The summed E-state index contributed by atoms with van der Waals surface area (Å²) in [5.74, 6) is 0.349. The third-order valence-electron chi connectivity index (χ3n) is 4.88. The van der Waals surface area contributed by atoms with Gasteiger partial charge in [-0.1, -0.05) is 57.0 Å². The molecule has 0 saturated carbocycles. The Morgan fingerprint density at radius 2 is 1.70 bits per heavy atom. The first-order valence-corrected chi connectivity index (χ1v) is 11.8. The van der Waals surface area contributed by atoms with Gasteiger partial charge in [0.2, 0.25) is 0 Å². The summed E-state index contributed by atoms with van der Waals surface area (Å²) in [4.78, 5) is 2.18. The Kier molecular flexibility index (Phi) is 7.19. The van der Waals surface area contributed by atoms with E-state index in [9.17, 15) is 0 Å². The van der Waals surface area contributed by atoms with Crippen LogP contribution in [0.15, 0.2) is 18.2 Å². The van der Waals surface area contributed by atoms with Crippen molar-refractivity contribution in [2.45, 2.75) is 64.4 Å². The molecule has 0 radical (unpaired) electrons. The van der Waals surface area contributed by atoms with Gasteiger partial charge in [0.25, 0.3) is 0 Å². The highest BCUT2D eigenvalue weighted by Crippen LogP contribution is 2.39. The molecule has 2 unspecified atom stereocenters. The Labute approximate surface area is 153 Å². The summed E-state index contributed by atoms with van der Waals surface area (Å²) in [5, 5.41) is 1.42. The van der Waals surface area contributed by atoms with Gasteiger partial charge in [-0.2, -0.15) is 0 Å². The highest BCUT2D eigenvalue weighted by atomic mass is 35.5. The molecular formula is C18H31Cl2NOSi. The lowest BCUT2D eigenvalue weighted by atomic mass is 9.97. The Balaban J connectivity index is 2.89. The van der Waals surface area contributed by atoms with E-state index in [4.69, 9.17) is 27.6 Å². The van der Waals surface area contributed by atoms with Crippen molar-refractivity contribution >= 4 is 31.5 Å². The lowest BCUT2D eigenvalue weighted by Gasteiger charge is -2.41. The quantitative estimate of drug-likeness (QED) is 0.421. The number of hydrogen-bond donors (Lipinski definition) is 0. The largest absolute Gasteiger partial charge is 0.401 e. The number of halogens is 2. The maximum absolute atomic E-state index is 6.62. The second-order valence-corrected chi connectivity index (χ2v) is 13.7. The van der Waals surface area contributed by atoms with Crippen molar-refractivity contribution in [3.05, 3.63) is 33.8 Å². The van der Waals surface area contributed by atoms with Crippen LogP contribution in [-0.2, 0) is 4.43 Å². The van der Waals surface area contributed by atoms with E-state index in [1.165, 1.54) is 5.56 Å². The van der Waals surface area contributed by atoms with Gasteiger partial charge in [0.05, 0.1) is 16.3 Å². The topological polar surface area (TPSA) is 12.5 Å². The second-order valence-electron chi connectivity index (χ2n) is 8.11. The molecule has 0 aliphatic carbocycles. The van der Waals surface area contributed by atoms with E-state index >= 15 is 0 Å². The van der Waals surface area contributed by atoms with Crippen LogP contribution in [0.3, 0.4) is 0 Å². The molecule has 2 nitrogen and oxygen atoms in total. The van der Waals surface area contributed by atoms with Crippen LogP contribution < -0.4 is 0 Å². The molecule has 0 saturated heterocycles. The van der Waals surface area contributed by atoms with Crippen molar-refractivity contribution in [3.63, 3.8) is 0 Å². The molecule has 1 aromatic rings. The average Bonchev–Trinajstić information content (AvgIpc) is 2.39. The van der Waals surface area contributed by atoms with Crippen molar-refractivity contribution in [3.8, 4) is 0 Å². The van der Waals surface area contributed by atoms with Gasteiger partial charge < -0.3 is 4.43 Å². The van der Waals surface area contributed by atoms with Crippen LogP contribution in [0.2, 0.25) is 28.2 Å². The Morgan fingerprint density at radius 1 is 1.13 bits per heavy atom. The molecule has 0 aliphatic heterocycles. The molecule has 0 heterocycles. The average molecular weight is 376 g/mol. The maximum atomic E-state index is 6.62. The summed E-state index contributed by atoms with van der Waals surface area (Å²) in [5.41, 5.74) is 1.20. The predicted molar refractivity (Wildman–Crippen MR) is 105 cm³/mol. The van der Waals surface area contributed by atoms with E-state index in [2.05, 4.69) is 65.9 Å². The number of hydrogen-bond acceptors (Lipinski definition) is 2. The summed E-state index contributed by atoms with van der Waals surface area (Å²) < 4.78 is 6.62. The summed E-state index contributed by atoms with van der Waals surface area (Å²) in [6.07, 6.45) is 1.03. The molecule has 0 amide bonds. The summed E-state index contributed by atoms with van der Waals surface area (Å²) in [6, 6.07) is 5.89. The van der Waals surface area contributed by atoms with Crippen molar-refractivity contribution in [2.75, 3.05) is 14.1 Å². The SMILES string of the molecule is CC(CC(O[Si](C)(C)C(C)(C)C)N(C)C)c1ccc(Cl)c(Cl)c1. The molecule has 1 rings (SSSR count). The van der Waals surface area contributed by atoms with Gasteiger partial charge in [-0.25, -0.2) is 0 Å². The van der Waals surface area contributed by atoms with Crippen molar-refractivity contribution in [1.82, 2.24) is 4.90 Å². The van der Waals surface area contributed by atoms with E-state index < -0.39 is 8.32 Å². The van der Waals surface area contributed by atoms with Crippen LogP contribution in [0.25, 0.3) is 0 Å². The van der Waals surface area contributed by atoms with Crippen molar-refractivity contribution in [1.29, 1.82) is 0 Å². The van der Waals surface area contributed by atoms with Crippen LogP contribution in [-0.4, -0.2) is 33.5 Å². The molecule has 0 N–H and O–H groups in total. The molecule has 0 spiro atoms. The maximum Gasteiger partial charge on any atom is 0.194 e. The Morgan fingerprint density at radius 3 is 2.13 bits per heavy atom. The van der Waals surface area contributed by atoms with E-state index in [-0.39, 0.29) is 11.3 Å². The van der Waals surface area contributed by atoms with Gasteiger partial charge in [-0.15, -0.1) is 0 Å². The van der Waals surface area contributed by atoms with Crippen molar-refractivity contribution in [2.24, 2.45) is 0 Å². The molecular weight excluding hydrogens is 345 g/mol. The number of rotatable bonds is 6. The summed E-state index contributed by atoms with van der Waals surface area (Å²) in [6.45, 7) is 13.6. The lowest BCUT2D eigenvalue weighted by Crippen LogP contribution is -2.48. The lowest BCUT2D eigenvalue weighted by molar-refractivity contribution is 0.0391. The molecule has 0 bridgehead atoms. The minimum absolute atomic E-state index is 0.0975. The zero-order valence-corrected chi connectivity index (χ0v) is 18.2. The van der Waals surface area contributed by atoms with Gasteiger partial charge in [0, 0.05) is 0 Å². The zero-order chi connectivity index (χ0) is 18.0. The molecule has 132 valence electrons. The van der Waals surface area contributed by atoms with Crippen LogP contribution in [0.4, 0.5) is 0 Å². The summed E-state index contributed by atoms with van der Waals surface area (Å²) in [7, 11) is 2.36. The van der Waals surface area contributed by atoms with Crippen molar-refractivity contribution < 1.29 is 4.43 Å². The monoisotopic (exact) mass is 375 g/mol. The molecule has 5 heteroatoms. The van der Waals surface area contributed by atoms with E-state index in [0.29, 0.717) is 16.0 Å². The minimum Gasteiger partial charge on any atom is -0.401 e. The first kappa shape index (κ1) is 21.0. The standard InChI is InChI=1S/C18H31Cl2NOSi/c1-13(14-9-10-15(19)16(20)12-14)11-17(21(5)6)22-23(7,8)18(2,3)4/h9-10,12-13,17H,11H2,1-8H3. The van der Waals surface area contributed by atoms with Gasteiger partial charge in [-0.05, 0) is 62.3 Å². The van der Waals surface area contributed by atoms with E-state index in [0.717, 1.165) is 6.42 Å². The first-order chi connectivity index (χ1) is 10.3. The third-order valence-corrected chi connectivity index (χ3v) is 10.1. The minimum atomic E-state index is -1.81. The molecule has 2 atom stereocenters. The highest BCUT2D eigenvalue weighted by molar-refractivity contribution is 6.74. The molecule has 23 heavy (non-hydrogen) atoms. The summed E-state index contributed by atoms with van der Waals surface area (Å²) >= 11 is 12.2. The molecule has 0 aliphatic rings. The second kappa shape index (κ2) is 7.88. The van der Waals surface area contributed by atoms with Gasteiger partial charge in [0.1, 0.15) is 0 Å². The molecule has 0 fully saturated rings.